The van der Waals surface area contributed by atoms with Crippen molar-refractivity contribution >= 4 is 12.8 Å². The van der Waals surface area contributed by atoms with Crippen molar-refractivity contribution in [2.75, 3.05) is 0 Å². The number of halogens is 1. The van der Waals surface area contributed by atoms with E-state index in [4.69, 9.17) is 5.21 Å². The Kier molecular flexibility index (Phi) is 1.80. The molecule has 1 rings (SSSR count). The first-order valence-corrected chi connectivity index (χ1v) is 2.92. The van der Waals surface area contributed by atoms with Crippen molar-refractivity contribution < 1.29 is 9.69 Å². The van der Waals surface area contributed by atoms with Gasteiger partial charge >= 0.3 is 17.1 Å². The van der Waals surface area contributed by atoms with E-state index in [0.29, 0.717) is 0 Å². The zero-order valence-corrected chi connectivity index (χ0v) is 6.23. The lowest BCUT2D eigenvalue weighted by atomic mass is 11.0. The van der Waals surface area contributed by atoms with Crippen molar-refractivity contribution in [3.8, 4) is 0 Å². The first-order valence-electron chi connectivity index (χ1n) is 2.52. The standard InChI is InChI=1S/C3H2FN3O4S/c4-5-1(8)6(11)3(10)7(12)2(5)9/h11-12H. The average Bonchev–Trinajstić information content (AvgIpc) is 2.08. The summed E-state index contributed by atoms with van der Waals surface area (Å²) in [5.41, 5.74) is -4.77. The van der Waals surface area contributed by atoms with Gasteiger partial charge in [0, 0.05) is 0 Å². The summed E-state index contributed by atoms with van der Waals surface area (Å²) in [5.74, 6) is 0. The molecule has 1 N–H and O–H groups in total. The van der Waals surface area contributed by atoms with Gasteiger partial charge in [0.05, 0.1) is 0 Å². The van der Waals surface area contributed by atoms with E-state index in [-0.39, 0.29) is 3.97 Å². The third-order valence-corrected chi connectivity index (χ3v) is 1.40. The molecule has 12 heavy (non-hydrogen) atoms. The summed E-state index contributed by atoms with van der Waals surface area (Å²) in [5, 5.41) is 8.51. The van der Waals surface area contributed by atoms with E-state index in [1.54, 1.807) is 0 Å². The second-order valence-electron chi connectivity index (χ2n) is 1.75. The molecular formula is C3H2FN3O4S. The predicted octanol–water partition coefficient (Wildman–Crippen LogP) is -2.17. The predicted molar refractivity (Wildman–Crippen MR) is 37.3 cm³/mol. The Labute approximate surface area is 68.3 Å². The van der Waals surface area contributed by atoms with Gasteiger partial charge in [-0.15, -0.1) is 0 Å². The minimum absolute atomic E-state index is 0.0542. The highest BCUT2D eigenvalue weighted by molar-refractivity contribution is 7.78. The molecule has 0 saturated heterocycles. The van der Waals surface area contributed by atoms with E-state index >= 15 is 0 Å². The number of hydrogen-bond donors (Lipinski definition) is 2. The molecule has 7 nitrogen and oxygen atoms in total. The molecule has 1 aromatic rings. The quantitative estimate of drug-likeness (QED) is 0.364. The molecule has 0 saturated carbocycles. The van der Waals surface area contributed by atoms with Crippen LogP contribution in [-0.2, 0) is 0 Å². The van der Waals surface area contributed by atoms with Crippen LogP contribution in [0.2, 0.25) is 0 Å². The number of nitrogens with zero attached hydrogens (tertiary/aromatic N) is 3. The topological polar surface area (TPSA) is 86.2 Å². The van der Waals surface area contributed by atoms with Crippen LogP contribution in [0.3, 0.4) is 0 Å². The molecule has 1 heterocycles. The fourth-order valence-corrected chi connectivity index (χ4v) is 0.665. The van der Waals surface area contributed by atoms with Crippen LogP contribution in [0.15, 0.2) is 14.4 Å². The second kappa shape index (κ2) is 2.52. The second-order valence-corrected chi connectivity index (χ2v) is 2.15. The first-order chi connectivity index (χ1) is 5.46. The Bertz CT molecular complexity index is 382. The molecule has 0 spiro atoms. The fourth-order valence-electron chi connectivity index (χ4n) is 0.502. The summed E-state index contributed by atoms with van der Waals surface area (Å²) in [7, 11) is 0. The SMILES string of the molecule is O=c1n(O)c(=O)n(S)c(=O)n1F. The van der Waals surface area contributed by atoms with Crippen molar-refractivity contribution in [1.82, 2.24) is 13.5 Å². The molecule has 0 aliphatic rings. The molecule has 0 unspecified atom stereocenters. The summed E-state index contributed by atoms with van der Waals surface area (Å²) < 4.78 is 11.7. The highest BCUT2D eigenvalue weighted by atomic mass is 32.1. The maximum Gasteiger partial charge on any atom is 0.398 e. The van der Waals surface area contributed by atoms with Crippen LogP contribution >= 0.6 is 12.8 Å². The van der Waals surface area contributed by atoms with E-state index in [0.717, 1.165) is 0 Å². The monoisotopic (exact) mass is 195 g/mol. The van der Waals surface area contributed by atoms with Crippen molar-refractivity contribution in [3.05, 3.63) is 31.5 Å². The lowest BCUT2D eigenvalue weighted by Crippen LogP contribution is -2.49. The summed E-state index contributed by atoms with van der Waals surface area (Å²) in [6.07, 6.45) is 0. The molecule has 0 bridgehead atoms. The smallest absolute Gasteiger partial charge is 0.398 e. The molecule has 1 aromatic heterocycles. The van der Waals surface area contributed by atoms with Gasteiger partial charge in [0.1, 0.15) is 0 Å². The number of aromatic nitrogens is 3. The largest absolute Gasteiger partial charge is 0.420 e. The van der Waals surface area contributed by atoms with Crippen molar-refractivity contribution in [1.29, 1.82) is 0 Å². The average molecular weight is 195 g/mol. The summed E-state index contributed by atoms with van der Waals surface area (Å²) in [4.78, 5) is 30.6. The summed E-state index contributed by atoms with van der Waals surface area (Å²) in [6, 6.07) is 0. The van der Waals surface area contributed by atoms with E-state index in [2.05, 4.69) is 12.8 Å². The van der Waals surface area contributed by atoms with Crippen molar-refractivity contribution in [2.24, 2.45) is 0 Å². The molecule has 0 fully saturated rings. The summed E-state index contributed by atoms with van der Waals surface area (Å²) >= 11 is 3.21. The zero-order chi connectivity index (χ0) is 9.46. The Morgan fingerprint density at radius 1 is 1.17 bits per heavy atom. The molecule has 0 aliphatic carbocycles. The Morgan fingerprint density at radius 3 is 2.17 bits per heavy atom. The van der Waals surface area contributed by atoms with Gasteiger partial charge in [-0.25, -0.2) is 14.4 Å². The molecule has 0 atom stereocenters. The number of hydrogen-bond acceptors (Lipinski definition) is 5. The van der Waals surface area contributed by atoms with Gasteiger partial charge in [-0.05, 0) is 0 Å². The highest BCUT2D eigenvalue weighted by Gasteiger charge is 2.11. The molecule has 0 amide bonds. The molecule has 0 radical (unpaired) electrons. The van der Waals surface area contributed by atoms with E-state index in [1.165, 1.54) is 0 Å². The lowest BCUT2D eigenvalue weighted by Gasteiger charge is -1.97. The van der Waals surface area contributed by atoms with Crippen LogP contribution in [0.4, 0.5) is 4.48 Å². The van der Waals surface area contributed by atoms with Crippen LogP contribution in [0.1, 0.15) is 0 Å². The molecule has 0 aromatic carbocycles. The molecule has 66 valence electrons. The van der Waals surface area contributed by atoms with Gasteiger partial charge in [-0.2, -0.15) is 3.97 Å². The van der Waals surface area contributed by atoms with Gasteiger partial charge in [-0.3, -0.25) is 0 Å². The van der Waals surface area contributed by atoms with Crippen molar-refractivity contribution in [2.45, 2.75) is 0 Å². The maximum atomic E-state index is 12.3. The van der Waals surface area contributed by atoms with Crippen LogP contribution in [0.5, 0.6) is 0 Å². The van der Waals surface area contributed by atoms with Crippen molar-refractivity contribution in [3.63, 3.8) is 0 Å². The van der Waals surface area contributed by atoms with E-state index in [1.807, 2.05) is 0 Å². The van der Waals surface area contributed by atoms with Crippen LogP contribution in [0.25, 0.3) is 0 Å². The van der Waals surface area contributed by atoms with Crippen LogP contribution < -0.4 is 17.1 Å². The van der Waals surface area contributed by atoms with Gasteiger partial charge in [-0.1, -0.05) is 26.8 Å². The van der Waals surface area contributed by atoms with E-state index < -0.39 is 26.6 Å². The fraction of sp³-hybridized carbons (Fsp3) is 0. The third kappa shape index (κ3) is 0.942. The number of thiol groups is 1. The van der Waals surface area contributed by atoms with Crippen LogP contribution in [-0.4, -0.2) is 18.7 Å². The van der Waals surface area contributed by atoms with Gasteiger partial charge in [0.25, 0.3) is 0 Å². The van der Waals surface area contributed by atoms with Gasteiger partial charge < -0.3 is 5.21 Å². The third-order valence-electron chi connectivity index (χ3n) is 1.06. The summed E-state index contributed by atoms with van der Waals surface area (Å²) in [6.45, 7) is 0. The van der Waals surface area contributed by atoms with Crippen LogP contribution in [0, 0.1) is 0 Å². The Balaban J connectivity index is 4.00. The minimum atomic E-state index is -1.77. The Morgan fingerprint density at radius 2 is 1.67 bits per heavy atom. The molecule has 0 aliphatic heterocycles. The van der Waals surface area contributed by atoms with E-state index in [9.17, 15) is 18.9 Å². The first kappa shape index (κ1) is 8.59. The lowest BCUT2D eigenvalue weighted by molar-refractivity contribution is 0.127. The number of rotatable bonds is 0. The molecule has 9 heteroatoms. The van der Waals surface area contributed by atoms with Gasteiger partial charge in [0.2, 0.25) is 0 Å². The minimum Gasteiger partial charge on any atom is -0.420 e. The molecular weight excluding hydrogens is 193 g/mol. The zero-order valence-electron chi connectivity index (χ0n) is 5.34. The maximum absolute atomic E-state index is 12.3. The highest BCUT2D eigenvalue weighted by Crippen LogP contribution is 1.70. The van der Waals surface area contributed by atoms with Gasteiger partial charge in [0.15, 0.2) is 0 Å². The normalized spacial score (nSPS) is 10.2. The Hall–Kier alpha value is -1.51.